The van der Waals surface area contributed by atoms with Crippen LogP contribution in [0, 0.1) is 5.92 Å². The average molecular weight is 284 g/mol. The molecule has 0 saturated carbocycles. The number of alkyl halides is 5. The fourth-order valence-electron chi connectivity index (χ4n) is 0.812. The van der Waals surface area contributed by atoms with E-state index in [0.29, 0.717) is 0 Å². The van der Waals surface area contributed by atoms with Crippen LogP contribution in [-0.2, 0) is 14.3 Å². The Kier molecular flexibility index (Phi) is 5.33. The van der Waals surface area contributed by atoms with Gasteiger partial charge >= 0.3 is 21.5 Å². The molecule has 0 aliphatic carbocycles. The summed E-state index contributed by atoms with van der Waals surface area (Å²) in [5, 5.41) is -4.30. The fraction of sp³-hybridized carbons (Fsp3) is 1.00. The van der Waals surface area contributed by atoms with E-state index in [4.69, 9.17) is 0 Å². The van der Waals surface area contributed by atoms with Gasteiger partial charge in [-0.3, -0.25) is 4.18 Å². The largest absolute Gasteiger partial charge is 0.413 e. The molecule has 0 aromatic heterocycles. The molecule has 0 amide bonds. The molecule has 17 heavy (non-hydrogen) atoms. The van der Waals surface area contributed by atoms with E-state index >= 15 is 0 Å². The van der Waals surface area contributed by atoms with Gasteiger partial charge in [0.25, 0.3) is 0 Å². The molecule has 0 aromatic rings. The number of rotatable bonds is 6. The van der Waals surface area contributed by atoms with Crippen LogP contribution in [0.4, 0.5) is 22.0 Å². The van der Waals surface area contributed by atoms with Crippen molar-refractivity contribution in [3.8, 4) is 0 Å². The average Bonchev–Trinajstić information content (AvgIpc) is 2.10. The zero-order chi connectivity index (χ0) is 13.9. The molecule has 3 nitrogen and oxygen atoms in total. The summed E-state index contributed by atoms with van der Waals surface area (Å²) in [4.78, 5) is 0. The molecular weight excluding hydrogens is 271 g/mol. The monoisotopic (exact) mass is 284 g/mol. The molecule has 0 bridgehead atoms. The Labute approximate surface area is 96.1 Å². The van der Waals surface area contributed by atoms with E-state index in [1.807, 2.05) is 0 Å². The Hall–Kier alpha value is -0.440. The van der Waals surface area contributed by atoms with Crippen LogP contribution in [0.15, 0.2) is 0 Å². The summed E-state index contributed by atoms with van der Waals surface area (Å²) in [7, 11) is -5.54. The first-order valence-corrected chi connectivity index (χ1v) is 6.12. The third-order valence-corrected chi connectivity index (χ3v) is 3.12. The number of hydrogen-bond donors (Lipinski definition) is 0. The smallest absolute Gasteiger partial charge is 0.256 e. The maximum atomic E-state index is 13.1. The summed E-state index contributed by atoms with van der Waals surface area (Å²) >= 11 is 0. The van der Waals surface area contributed by atoms with Gasteiger partial charge in [-0.2, -0.15) is 30.4 Å². The van der Waals surface area contributed by atoms with Crippen LogP contribution in [0.25, 0.3) is 0 Å². The van der Waals surface area contributed by atoms with E-state index in [0.717, 1.165) is 0 Å². The van der Waals surface area contributed by atoms with E-state index in [-0.39, 0.29) is 12.3 Å². The third-order valence-electron chi connectivity index (χ3n) is 1.76. The summed E-state index contributed by atoms with van der Waals surface area (Å²) in [6, 6.07) is 0. The molecule has 0 aromatic carbocycles. The van der Waals surface area contributed by atoms with Gasteiger partial charge < -0.3 is 0 Å². The first kappa shape index (κ1) is 16.6. The van der Waals surface area contributed by atoms with Crippen LogP contribution >= 0.6 is 0 Å². The predicted molar refractivity (Wildman–Crippen MR) is 49.9 cm³/mol. The first-order chi connectivity index (χ1) is 7.37. The topological polar surface area (TPSA) is 43.4 Å². The van der Waals surface area contributed by atoms with Crippen molar-refractivity contribution in [2.24, 2.45) is 5.92 Å². The molecular formula is C8H13F5O3S. The molecule has 0 saturated heterocycles. The third kappa shape index (κ3) is 6.16. The molecule has 0 heterocycles. The fourth-order valence-corrected chi connectivity index (χ4v) is 1.64. The van der Waals surface area contributed by atoms with Crippen LogP contribution in [0.3, 0.4) is 0 Å². The Morgan fingerprint density at radius 2 is 1.59 bits per heavy atom. The van der Waals surface area contributed by atoms with E-state index < -0.39 is 34.6 Å². The van der Waals surface area contributed by atoms with E-state index in [1.54, 1.807) is 13.8 Å². The second kappa shape index (κ2) is 5.47. The minimum atomic E-state index is -5.54. The minimum absolute atomic E-state index is 0.137. The normalized spacial score (nSPS) is 14.4. The second-order valence-electron chi connectivity index (χ2n) is 3.90. The summed E-state index contributed by atoms with van der Waals surface area (Å²) in [5.74, 6) is -0.196. The number of halogens is 5. The molecule has 0 spiro atoms. The van der Waals surface area contributed by atoms with Crippen molar-refractivity contribution in [1.29, 1.82) is 0 Å². The van der Waals surface area contributed by atoms with Gasteiger partial charge in [0.15, 0.2) is 6.61 Å². The lowest BCUT2D eigenvalue weighted by molar-refractivity contribution is -0.154. The highest BCUT2D eigenvalue weighted by atomic mass is 32.2. The highest BCUT2D eigenvalue weighted by Crippen LogP contribution is 2.31. The lowest BCUT2D eigenvalue weighted by Gasteiger charge is -2.18. The van der Waals surface area contributed by atoms with Crippen LogP contribution < -0.4 is 0 Å². The van der Waals surface area contributed by atoms with Crippen molar-refractivity contribution < 1.29 is 34.6 Å². The Morgan fingerprint density at radius 1 is 1.12 bits per heavy atom. The zero-order valence-corrected chi connectivity index (χ0v) is 10.0. The highest BCUT2D eigenvalue weighted by molar-refractivity contribution is 7.87. The van der Waals surface area contributed by atoms with Crippen molar-refractivity contribution in [2.45, 2.75) is 38.1 Å². The first-order valence-electron chi connectivity index (χ1n) is 4.71. The van der Waals surface area contributed by atoms with Crippen LogP contribution in [0.1, 0.15) is 26.7 Å². The molecule has 0 N–H and O–H groups in total. The van der Waals surface area contributed by atoms with Gasteiger partial charge in [0.1, 0.15) is 0 Å². The summed E-state index contributed by atoms with van der Waals surface area (Å²) in [6.45, 7) is 0.922. The Bertz CT molecular complexity index is 334. The molecule has 0 aliphatic rings. The van der Waals surface area contributed by atoms with Gasteiger partial charge in [0.05, 0.1) is 0 Å². The van der Waals surface area contributed by atoms with Gasteiger partial charge in [0.2, 0.25) is 0 Å². The lowest BCUT2D eigenvalue weighted by atomic mass is 10.1. The van der Waals surface area contributed by atoms with E-state index in [9.17, 15) is 30.4 Å². The van der Waals surface area contributed by atoms with Gasteiger partial charge in [-0.15, -0.1) is 0 Å². The standard InChI is InChI=1S/C8H13F5O3S/c1-6(2)3-4-8(12,13)17(14,15)16-5-7(9,10)11/h6H,3-5H2,1-2H3. The van der Waals surface area contributed by atoms with Crippen molar-refractivity contribution in [3.05, 3.63) is 0 Å². The van der Waals surface area contributed by atoms with Crippen LogP contribution in [0.2, 0.25) is 0 Å². The van der Waals surface area contributed by atoms with E-state index in [2.05, 4.69) is 4.18 Å². The van der Waals surface area contributed by atoms with Gasteiger partial charge in [0, 0.05) is 6.42 Å². The molecule has 0 aliphatic heterocycles. The summed E-state index contributed by atoms with van der Waals surface area (Å²) < 4.78 is 86.0. The Balaban J connectivity index is 4.57. The van der Waals surface area contributed by atoms with Crippen molar-refractivity contribution in [3.63, 3.8) is 0 Å². The molecule has 104 valence electrons. The molecule has 9 heteroatoms. The highest BCUT2D eigenvalue weighted by Gasteiger charge is 2.47. The molecule has 0 unspecified atom stereocenters. The van der Waals surface area contributed by atoms with E-state index in [1.165, 1.54) is 0 Å². The second-order valence-corrected chi connectivity index (χ2v) is 5.64. The SMILES string of the molecule is CC(C)CCC(F)(F)S(=O)(=O)OCC(F)(F)F. The maximum absolute atomic E-state index is 13.1. The van der Waals surface area contributed by atoms with Gasteiger partial charge in [-0.05, 0) is 12.3 Å². The molecule has 0 fully saturated rings. The molecule has 0 radical (unpaired) electrons. The van der Waals surface area contributed by atoms with Gasteiger partial charge in [-0.25, -0.2) is 0 Å². The quantitative estimate of drug-likeness (QED) is 0.556. The minimum Gasteiger partial charge on any atom is -0.256 e. The van der Waals surface area contributed by atoms with Crippen LogP contribution in [-0.4, -0.2) is 26.5 Å². The summed E-state index contributed by atoms with van der Waals surface area (Å²) in [6.07, 6.45) is -6.17. The summed E-state index contributed by atoms with van der Waals surface area (Å²) in [5.41, 5.74) is 0. The molecule has 0 rings (SSSR count). The zero-order valence-electron chi connectivity index (χ0n) is 9.22. The maximum Gasteiger partial charge on any atom is 0.413 e. The number of hydrogen-bond acceptors (Lipinski definition) is 3. The molecule has 0 atom stereocenters. The van der Waals surface area contributed by atoms with Crippen molar-refractivity contribution >= 4 is 10.1 Å². The lowest BCUT2D eigenvalue weighted by Crippen LogP contribution is -2.33. The Morgan fingerprint density at radius 3 is 1.94 bits per heavy atom. The van der Waals surface area contributed by atoms with Crippen molar-refractivity contribution in [1.82, 2.24) is 0 Å². The predicted octanol–water partition coefficient (Wildman–Crippen LogP) is 2.92. The van der Waals surface area contributed by atoms with Crippen molar-refractivity contribution in [2.75, 3.05) is 6.61 Å². The van der Waals surface area contributed by atoms with Crippen LogP contribution in [0.5, 0.6) is 0 Å². The van der Waals surface area contributed by atoms with Gasteiger partial charge in [-0.1, -0.05) is 13.8 Å².